The van der Waals surface area contributed by atoms with Gasteiger partial charge in [0, 0.05) is 21.0 Å². The molecule has 3 aromatic rings. The first-order valence-electron chi connectivity index (χ1n) is 7.42. The molecule has 23 heavy (non-hydrogen) atoms. The fraction of sp³-hybridized carbons (Fsp3) is 0.105. The fourth-order valence-electron chi connectivity index (χ4n) is 2.67. The first-order valence-corrected chi connectivity index (χ1v) is 9.09. The predicted octanol–water partition coefficient (Wildman–Crippen LogP) is 6.40. The molecule has 2 nitrogen and oxygen atoms in total. The molecular formula is C19H14BrNOS. The van der Waals surface area contributed by atoms with Gasteiger partial charge in [-0.15, -0.1) is 11.8 Å². The Kier molecular flexibility index (Phi) is 4.10. The Labute approximate surface area is 147 Å². The zero-order valence-corrected chi connectivity index (χ0v) is 14.7. The van der Waals surface area contributed by atoms with E-state index < -0.39 is 0 Å². The molecule has 1 aliphatic rings. The summed E-state index contributed by atoms with van der Waals surface area (Å²) < 4.78 is 6.70. The normalized spacial score (nSPS) is 17.3. The first-order chi connectivity index (χ1) is 11.3. The van der Waals surface area contributed by atoms with Crippen LogP contribution in [0.4, 0.5) is 5.69 Å². The van der Waals surface area contributed by atoms with Crippen molar-refractivity contribution in [3.8, 4) is 0 Å². The number of aliphatic imine (C=N–C) groups is 1. The largest absolute Gasteiger partial charge is 0.463 e. The minimum absolute atomic E-state index is 0.315. The van der Waals surface area contributed by atoms with Crippen molar-refractivity contribution in [1.82, 2.24) is 0 Å². The number of hydrogen-bond donors (Lipinski definition) is 0. The summed E-state index contributed by atoms with van der Waals surface area (Å²) in [6.45, 7) is 0. The molecule has 1 atom stereocenters. The Morgan fingerprint density at radius 2 is 1.83 bits per heavy atom. The maximum absolute atomic E-state index is 5.60. The summed E-state index contributed by atoms with van der Waals surface area (Å²) in [7, 11) is 0. The quantitative estimate of drug-likeness (QED) is 0.511. The van der Waals surface area contributed by atoms with E-state index in [9.17, 15) is 0 Å². The Morgan fingerprint density at radius 3 is 2.61 bits per heavy atom. The van der Waals surface area contributed by atoms with Crippen LogP contribution in [0.3, 0.4) is 0 Å². The van der Waals surface area contributed by atoms with Crippen molar-refractivity contribution in [2.24, 2.45) is 4.99 Å². The third-order valence-electron chi connectivity index (χ3n) is 3.82. The van der Waals surface area contributed by atoms with Gasteiger partial charge in [0.05, 0.1) is 17.7 Å². The average molecular weight is 384 g/mol. The number of fused-ring (bicyclic) bond motifs is 1. The van der Waals surface area contributed by atoms with Crippen molar-refractivity contribution < 1.29 is 4.42 Å². The second kappa shape index (κ2) is 6.38. The zero-order chi connectivity index (χ0) is 15.6. The van der Waals surface area contributed by atoms with Gasteiger partial charge in [-0.3, -0.25) is 0 Å². The average Bonchev–Trinajstić information content (AvgIpc) is 3.03. The molecule has 0 bridgehead atoms. The summed E-state index contributed by atoms with van der Waals surface area (Å²) in [5.74, 6) is 0.851. The van der Waals surface area contributed by atoms with E-state index in [1.807, 2.05) is 30.0 Å². The third kappa shape index (κ3) is 3.14. The molecule has 0 saturated carbocycles. The molecule has 2 heterocycles. The van der Waals surface area contributed by atoms with Crippen LogP contribution < -0.4 is 0 Å². The SMILES string of the molecule is Brc1ccc(C2CC(c3ccco3)=Nc3ccccc3S2)cc1. The summed E-state index contributed by atoms with van der Waals surface area (Å²) in [4.78, 5) is 6.08. The highest BCUT2D eigenvalue weighted by Crippen LogP contribution is 2.45. The van der Waals surface area contributed by atoms with E-state index >= 15 is 0 Å². The molecule has 0 N–H and O–H groups in total. The van der Waals surface area contributed by atoms with Crippen LogP contribution in [-0.4, -0.2) is 5.71 Å². The molecule has 114 valence electrons. The zero-order valence-electron chi connectivity index (χ0n) is 12.3. The van der Waals surface area contributed by atoms with Gasteiger partial charge >= 0.3 is 0 Å². The van der Waals surface area contributed by atoms with Crippen LogP contribution in [0.2, 0.25) is 0 Å². The predicted molar refractivity (Wildman–Crippen MR) is 98.7 cm³/mol. The standard InChI is InChI=1S/C19H14BrNOS/c20-14-9-7-13(8-10-14)19-12-16(17-5-3-11-22-17)21-15-4-1-2-6-18(15)23-19/h1-11,19H,12H2. The van der Waals surface area contributed by atoms with E-state index in [2.05, 4.69) is 58.4 Å². The molecule has 0 radical (unpaired) electrons. The van der Waals surface area contributed by atoms with Gasteiger partial charge < -0.3 is 4.42 Å². The summed E-state index contributed by atoms with van der Waals surface area (Å²) in [5.41, 5.74) is 3.32. The molecule has 1 aromatic heterocycles. The molecule has 4 rings (SSSR count). The highest BCUT2D eigenvalue weighted by molar-refractivity contribution is 9.10. The number of benzene rings is 2. The molecule has 0 aliphatic carbocycles. The van der Waals surface area contributed by atoms with Crippen molar-refractivity contribution in [1.29, 1.82) is 0 Å². The molecule has 0 amide bonds. The number of para-hydroxylation sites is 1. The monoisotopic (exact) mass is 383 g/mol. The summed E-state index contributed by atoms with van der Waals surface area (Å²) >= 11 is 5.37. The molecule has 0 spiro atoms. The van der Waals surface area contributed by atoms with E-state index in [0.717, 1.165) is 28.1 Å². The van der Waals surface area contributed by atoms with Crippen LogP contribution in [0.25, 0.3) is 0 Å². The Morgan fingerprint density at radius 1 is 1.00 bits per heavy atom. The summed E-state index contributed by atoms with van der Waals surface area (Å²) in [6, 6.07) is 20.7. The van der Waals surface area contributed by atoms with Gasteiger partial charge in [0.2, 0.25) is 0 Å². The Hall–Kier alpha value is -1.78. The van der Waals surface area contributed by atoms with Crippen molar-refractivity contribution in [3.05, 3.63) is 82.7 Å². The van der Waals surface area contributed by atoms with Crippen LogP contribution in [0.5, 0.6) is 0 Å². The van der Waals surface area contributed by atoms with Gasteiger partial charge in [0.15, 0.2) is 0 Å². The van der Waals surface area contributed by atoms with Gasteiger partial charge in [-0.1, -0.05) is 40.2 Å². The number of hydrogen-bond acceptors (Lipinski definition) is 3. The van der Waals surface area contributed by atoms with E-state index in [-0.39, 0.29) is 0 Å². The molecule has 1 aliphatic heterocycles. The van der Waals surface area contributed by atoms with Gasteiger partial charge in [0.25, 0.3) is 0 Å². The maximum Gasteiger partial charge on any atom is 0.148 e. The minimum atomic E-state index is 0.315. The summed E-state index contributed by atoms with van der Waals surface area (Å²) in [5, 5.41) is 0.315. The minimum Gasteiger partial charge on any atom is -0.463 e. The van der Waals surface area contributed by atoms with Gasteiger partial charge in [-0.25, -0.2) is 4.99 Å². The van der Waals surface area contributed by atoms with Gasteiger partial charge in [-0.05, 0) is 42.0 Å². The number of thioether (sulfide) groups is 1. The molecular weight excluding hydrogens is 370 g/mol. The second-order valence-corrected chi connectivity index (χ2v) is 7.53. The fourth-order valence-corrected chi connectivity index (χ4v) is 4.17. The first kappa shape index (κ1) is 14.8. The number of rotatable bonds is 2. The third-order valence-corrected chi connectivity index (χ3v) is 5.67. The van der Waals surface area contributed by atoms with E-state index in [1.165, 1.54) is 10.5 Å². The lowest BCUT2D eigenvalue weighted by Crippen LogP contribution is -2.04. The topological polar surface area (TPSA) is 25.5 Å². The lowest BCUT2D eigenvalue weighted by molar-refractivity contribution is 0.555. The highest BCUT2D eigenvalue weighted by atomic mass is 79.9. The van der Waals surface area contributed by atoms with Crippen molar-refractivity contribution in [2.75, 3.05) is 0 Å². The second-order valence-electron chi connectivity index (χ2n) is 5.37. The van der Waals surface area contributed by atoms with Crippen LogP contribution in [0.15, 0.2) is 85.7 Å². The molecule has 1 unspecified atom stereocenters. The van der Waals surface area contributed by atoms with Crippen LogP contribution in [0, 0.1) is 0 Å². The highest BCUT2D eigenvalue weighted by Gasteiger charge is 2.23. The summed E-state index contributed by atoms with van der Waals surface area (Å²) in [6.07, 6.45) is 2.55. The maximum atomic E-state index is 5.60. The van der Waals surface area contributed by atoms with Crippen molar-refractivity contribution in [3.63, 3.8) is 0 Å². The number of nitrogens with zero attached hydrogens (tertiary/aromatic N) is 1. The molecule has 4 heteroatoms. The van der Waals surface area contributed by atoms with E-state index in [0.29, 0.717) is 5.25 Å². The molecule has 0 saturated heterocycles. The van der Waals surface area contributed by atoms with Crippen LogP contribution >= 0.6 is 27.7 Å². The molecule has 2 aromatic carbocycles. The number of furan rings is 1. The number of halogens is 1. The van der Waals surface area contributed by atoms with Crippen molar-refractivity contribution in [2.45, 2.75) is 16.6 Å². The van der Waals surface area contributed by atoms with Gasteiger partial charge in [-0.2, -0.15) is 0 Å². The van der Waals surface area contributed by atoms with Gasteiger partial charge in [0.1, 0.15) is 5.76 Å². The van der Waals surface area contributed by atoms with E-state index in [1.54, 1.807) is 6.26 Å². The molecule has 0 fully saturated rings. The Balaban J connectivity index is 1.78. The lowest BCUT2D eigenvalue weighted by atomic mass is 10.1. The van der Waals surface area contributed by atoms with Crippen molar-refractivity contribution >= 4 is 39.1 Å². The Bertz CT molecular complexity index is 840. The van der Waals surface area contributed by atoms with E-state index in [4.69, 9.17) is 9.41 Å². The lowest BCUT2D eigenvalue weighted by Gasteiger charge is -2.15. The van der Waals surface area contributed by atoms with Crippen LogP contribution in [-0.2, 0) is 0 Å². The smallest absolute Gasteiger partial charge is 0.148 e. The van der Waals surface area contributed by atoms with Crippen LogP contribution in [0.1, 0.15) is 23.0 Å².